The summed E-state index contributed by atoms with van der Waals surface area (Å²) in [6, 6.07) is 1.78. The Morgan fingerprint density at radius 1 is 1.23 bits per heavy atom. The first-order chi connectivity index (χ1) is 14.3. The van der Waals surface area contributed by atoms with Crippen LogP contribution in [0.15, 0.2) is 6.07 Å². The molecule has 30 heavy (non-hydrogen) atoms. The molecule has 8 nitrogen and oxygen atoms in total. The van der Waals surface area contributed by atoms with Crippen molar-refractivity contribution in [2.75, 3.05) is 37.8 Å². The van der Waals surface area contributed by atoms with Gasteiger partial charge in [0.25, 0.3) is 5.91 Å². The number of carbonyl (C=O) groups is 2. The van der Waals surface area contributed by atoms with Gasteiger partial charge in [0, 0.05) is 6.42 Å². The van der Waals surface area contributed by atoms with Crippen LogP contribution in [0.3, 0.4) is 0 Å². The summed E-state index contributed by atoms with van der Waals surface area (Å²) >= 11 is 0. The van der Waals surface area contributed by atoms with Crippen molar-refractivity contribution in [2.24, 2.45) is 23.3 Å². The van der Waals surface area contributed by atoms with E-state index in [1.165, 1.54) is 0 Å². The predicted molar refractivity (Wildman–Crippen MR) is 106 cm³/mol. The van der Waals surface area contributed by atoms with E-state index in [1.807, 2.05) is 4.90 Å². The molecular weight excluding hydrogens is 391 g/mol. The largest absolute Gasteiger partial charge is 0.476 e. The maximum absolute atomic E-state index is 15.0. The number of carbonyl (C=O) groups excluding carboxylic acids is 2. The van der Waals surface area contributed by atoms with Gasteiger partial charge in [-0.15, -0.1) is 0 Å². The third-order valence-electron chi connectivity index (χ3n) is 6.75. The van der Waals surface area contributed by atoms with Gasteiger partial charge in [0.1, 0.15) is 17.1 Å². The van der Waals surface area contributed by atoms with Crippen LogP contribution < -0.4 is 21.1 Å². The SMILES string of the molecule is NC(=O)CC1(c2cc(N3CC(F)(C4CC4)C3)c(OCC3CC3)nc2C(N)=O)COC1. The first-order valence-electron chi connectivity index (χ1n) is 10.6. The van der Waals surface area contributed by atoms with Crippen LogP contribution in [0.1, 0.15) is 48.2 Å². The first-order valence-corrected chi connectivity index (χ1v) is 10.6. The van der Waals surface area contributed by atoms with E-state index < -0.39 is 22.9 Å². The summed E-state index contributed by atoms with van der Waals surface area (Å²) in [4.78, 5) is 30.3. The summed E-state index contributed by atoms with van der Waals surface area (Å²) in [7, 11) is 0. The molecule has 2 amide bonds. The van der Waals surface area contributed by atoms with Crippen molar-refractivity contribution in [3.63, 3.8) is 0 Å². The monoisotopic (exact) mass is 418 g/mol. The molecule has 5 rings (SSSR count). The molecule has 0 radical (unpaired) electrons. The number of aromatic nitrogens is 1. The lowest BCUT2D eigenvalue weighted by Gasteiger charge is -2.47. The number of anilines is 1. The van der Waals surface area contributed by atoms with Crippen LogP contribution in [0, 0.1) is 11.8 Å². The van der Waals surface area contributed by atoms with E-state index in [-0.39, 0.29) is 44.3 Å². The molecule has 0 aromatic carbocycles. The highest BCUT2D eigenvalue weighted by atomic mass is 19.1. The van der Waals surface area contributed by atoms with Gasteiger partial charge in [0.2, 0.25) is 11.8 Å². The van der Waals surface area contributed by atoms with Gasteiger partial charge in [-0.3, -0.25) is 9.59 Å². The highest BCUT2D eigenvalue weighted by molar-refractivity contribution is 5.94. The van der Waals surface area contributed by atoms with Gasteiger partial charge in [-0.05, 0) is 49.1 Å². The fourth-order valence-corrected chi connectivity index (χ4v) is 4.54. The van der Waals surface area contributed by atoms with E-state index in [0.717, 1.165) is 25.7 Å². The molecule has 2 saturated carbocycles. The van der Waals surface area contributed by atoms with E-state index in [4.69, 9.17) is 20.9 Å². The Morgan fingerprint density at radius 3 is 2.43 bits per heavy atom. The molecule has 1 aromatic heterocycles. The maximum Gasteiger partial charge on any atom is 0.267 e. The van der Waals surface area contributed by atoms with Crippen LogP contribution in [0.4, 0.5) is 10.1 Å². The molecular formula is C21H27FN4O4. The molecule has 0 unspecified atom stereocenters. The normalized spacial score (nSPS) is 24.0. The van der Waals surface area contributed by atoms with E-state index in [9.17, 15) is 9.59 Å². The molecule has 1 aromatic rings. The van der Waals surface area contributed by atoms with Gasteiger partial charge >= 0.3 is 0 Å². The quantitative estimate of drug-likeness (QED) is 0.618. The second kappa shape index (κ2) is 6.80. The molecule has 162 valence electrons. The summed E-state index contributed by atoms with van der Waals surface area (Å²) in [5, 5.41) is 0. The minimum atomic E-state index is -1.18. The molecule has 4 aliphatic rings. The van der Waals surface area contributed by atoms with Crippen molar-refractivity contribution in [3.8, 4) is 5.88 Å². The van der Waals surface area contributed by atoms with Crippen molar-refractivity contribution in [3.05, 3.63) is 17.3 Å². The fraction of sp³-hybridized carbons (Fsp3) is 0.667. The third-order valence-corrected chi connectivity index (χ3v) is 6.75. The summed E-state index contributed by atoms with van der Waals surface area (Å²) in [5.74, 6) is -0.287. The van der Waals surface area contributed by atoms with Gasteiger partial charge in [0.05, 0.1) is 38.3 Å². The molecule has 9 heteroatoms. The van der Waals surface area contributed by atoms with Gasteiger partial charge in [-0.1, -0.05) is 0 Å². The van der Waals surface area contributed by atoms with Gasteiger partial charge in [-0.25, -0.2) is 9.37 Å². The number of hydrogen-bond acceptors (Lipinski definition) is 6. The molecule has 4 fully saturated rings. The Hall–Kier alpha value is -2.42. The zero-order valence-electron chi connectivity index (χ0n) is 16.9. The second-order valence-electron chi connectivity index (χ2n) is 9.41. The summed E-state index contributed by atoms with van der Waals surface area (Å²) in [6.45, 7) is 1.54. The molecule has 0 spiro atoms. The number of rotatable bonds is 9. The minimum absolute atomic E-state index is 0.0196. The number of halogens is 1. The highest BCUT2D eigenvalue weighted by Crippen LogP contribution is 2.50. The Labute approximate surface area is 174 Å². The van der Waals surface area contributed by atoms with Crippen molar-refractivity contribution in [2.45, 2.75) is 43.2 Å². The molecule has 2 saturated heterocycles. The average molecular weight is 418 g/mol. The number of alkyl halides is 1. The number of primary amides is 2. The zero-order valence-corrected chi connectivity index (χ0v) is 16.9. The van der Waals surface area contributed by atoms with Crippen molar-refractivity contribution >= 4 is 17.5 Å². The Kier molecular flexibility index (Phi) is 4.43. The number of amides is 2. The number of hydrogen-bond donors (Lipinski definition) is 2. The number of pyridine rings is 1. The summed E-state index contributed by atoms with van der Waals surface area (Å²) in [5.41, 5.74) is 10.4. The molecule has 2 aliphatic carbocycles. The molecule has 3 heterocycles. The molecule has 0 bridgehead atoms. The van der Waals surface area contributed by atoms with Gasteiger partial charge in [-0.2, -0.15) is 0 Å². The molecule has 2 aliphatic heterocycles. The average Bonchev–Trinajstić information content (AvgIpc) is 3.52. The lowest BCUT2D eigenvalue weighted by atomic mass is 9.74. The van der Waals surface area contributed by atoms with Crippen LogP contribution in [-0.2, 0) is 14.9 Å². The van der Waals surface area contributed by atoms with Crippen molar-refractivity contribution in [1.82, 2.24) is 4.98 Å². The van der Waals surface area contributed by atoms with E-state index in [0.29, 0.717) is 29.7 Å². The Bertz CT molecular complexity index is 889. The smallest absolute Gasteiger partial charge is 0.267 e. The number of nitrogens with two attached hydrogens (primary N) is 2. The zero-order chi connectivity index (χ0) is 21.1. The topological polar surface area (TPSA) is 121 Å². The van der Waals surface area contributed by atoms with Crippen molar-refractivity contribution in [1.29, 1.82) is 0 Å². The molecule has 4 N–H and O–H groups in total. The molecule has 0 atom stereocenters. The minimum Gasteiger partial charge on any atom is -0.476 e. The third kappa shape index (κ3) is 3.38. The highest BCUT2D eigenvalue weighted by Gasteiger charge is 2.55. The van der Waals surface area contributed by atoms with Crippen LogP contribution in [0.25, 0.3) is 0 Å². The fourth-order valence-electron chi connectivity index (χ4n) is 4.54. The Balaban J connectivity index is 1.52. The summed E-state index contributed by atoms with van der Waals surface area (Å²) in [6.07, 6.45) is 4.09. The van der Waals surface area contributed by atoms with E-state index in [1.54, 1.807) is 6.07 Å². The van der Waals surface area contributed by atoms with Crippen LogP contribution in [0.5, 0.6) is 5.88 Å². The lowest BCUT2D eigenvalue weighted by Crippen LogP contribution is -2.60. The maximum atomic E-state index is 15.0. The van der Waals surface area contributed by atoms with Crippen molar-refractivity contribution < 1.29 is 23.5 Å². The first kappa shape index (κ1) is 19.5. The lowest BCUT2D eigenvalue weighted by molar-refractivity contribution is -0.126. The number of ether oxygens (including phenoxy) is 2. The second-order valence-corrected chi connectivity index (χ2v) is 9.41. The Morgan fingerprint density at radius 2 is 1.93 bits per heavy atom. The predicted octanol–water partition coefficient (Wildman–Crippen LogP) is 1.05. The van der Waals surface area contributed by atoms with Crippen LogP contribution >= 0.6 is 0 Å². The van der Waals surface area contributed by atoms with Crippen LogP contribution in [-0.4, -0.2) is 55.4 Å². The van der Waals surface area contributed by atoms with Gasteiger partial charge in [0.15, 0.2) is 0 Å². The summed E-state index contributed by atoms with van der Waals surface area (Å²) < 4.78 is 26.3. The van der Waals surface area contributed by atoms with Gasteiger partial charge < -0.3 is 25.8 Å². The number of nitrogens with zero attached hydrogens (tertiary/aromatic N) is 2. The van der Waals surface area contributed by atoms with E-state index in [2.05, 4.69) is 4.98 Å². The standard InChI is InChI=1S/C21H27FN4O4/c22-21(13-3-4-13)8-26(9-21)15-5-14(20(6-16(23)27)10-29-11-20)17(18(24)28)25-19(15)30-7-12-1-2-12/h5,12-13H,1-4,6-11H2,(H2,23,27)(H2,24,28). The van der Waals surface area contributed by atoms with Crippen LogP contribution in [0.2, 0.25) is 0 Å². The van der Waals surface area contributed by atoms with E-state index >= 15 is 4.39 Å².